The molecule has 1 heterocycles. The Labute approximate surface area is 136 Å². The van der Waals surface area contributed by atoms with Gasteiger partial charge in [-0.15, -0.1) is 0 Å². The predicted octanol–water partition coefficient (Wildman–Crippen LogP) is 4.12. The molecule has 0 radical (unpaired) electrons. The van der Waals surface area contributed by atoms with Gasteiger partial charge in [-0.05, 0) is 46.4 Å². The zero-order valence-electron chi connectivity index (χ0n) is 11.5. The third-order valence-corrected chi connectivity index (χ3v) is 4.68. The van der Waals surface area contributed by atoms with Gasteiger partial charge in [0.25, 0.3) is 0 Å². The van der Waals surface area contributed by atoms with Crippen molar-refractivity contribution >= 4 is 39.8 Å². The lowest BCUT2D eigenvalue weighted by atomic mass is 10.2. The van der Waals surface area contributed by atoms with Crippen molar-refractivity contribution in [3.05, 3.63) is 63.4 Å². The Kier molecular flexibility index (Phi) is 3.96. The van der Waals surface area contributed by atoms with Crippen molar-refractivity contribution in [3.63, 3.8) is 0 Å². The van der Waals surface area contributed by atoms with E-state index in [-0.39, 0.29) is 0 Å². The second-order valence-corrected chi connectivity index (χ2v) is 5.85. The number of aldehydes is 1. The molecule has 3 rings (SSSR count). The van der Waals surface area contributed by atoms with Crippen molar-refractivity contribution in [2.45, 2.75) is 6.54 Å². The standard InChI is InChI=1S/C17H14INO2/c1-21-13-7-8-15-14(9-13)17(18)16(11-20)19(15)10-12-5-3-2-4-6-12/h2-9,11H,10H2,1H3. The summed E-state index contributed by atoms with van der Waals surface area (Å²) < 4.78 is 8.30. The van der Waals surface area contributed by atoms with Crippen molar-refractivity contribution in [1.29, 1.82) is 0 Å². The van der Waals surface area contributed by atoms with Gasteiger partial charge in [-0.25, -0.2) is 0 Å². The SMILES string of the molecule is COc1ccc2c(c1)c(I)c(C=O)n2Cc1ccccc1. The molecule has 1 aromatic heterocycles. The van der Waals surface area contributed by atoms with Crippen molar-refractivity contribution < 1.29 is 9.53 Å². The number of halogens is 1. The van der Waals surface area contributed by atoms with Crippen LogP contribution in [0.2, 0.25) is 0 Å². The highest BCUT2D eigenvalue weighted by atomic mass is 127. The van der Waals surface area contributed by atoms with Crippen LogP contribution in [0.25, 0.3) is 10.9 Å². The molecule has 0 spiro atoms. The van der Waals surface area contributed by atoms with E-state index in [1.165, 1.54) is 5.56 Å². The molecule has 0 aliphatic carbocycles. The smallest absolute Gasteiger partial charge is 0.167 e. The lowest BCUT2D eigenvalue weighted by Crippen LogP contribution is -2.04. The summed E-state index contributed by atoms with van der Waals surface area (Å²) in [6.45, 7) is 0.681. The maximum Gasteiger partial charge on any atom is 0.167 e. The number of rotatable bonds is 4. The lowest BCUT2D eigenvalue weighted by molar-refractivity contribution is 0.111. The van der Waals surface area contributed by atoms with Gasteiger partial charge in [0.05, 0.1) is 18.3 Å². The normalized spacial score (nSPS) is 10.8. The molecule has 0 saturated heterocycles. The van der Waals surface area contributed by atoms with Crippen molar-refractivity contribution in [1.82, 2.24) is 4.57 Å². The molecular formula is C17H14INO2. The van der Waals surface area contributed by atoms with E-state index in [1.807, 2.05) is 36.4 Å². The first-order chi connectivity index (χ1) is 10.2. The van der Waals surface area contributed by atoms with Gasteiger partial charge in [-0.2, -0.15) is 0 Å². The van der Waals surface area contributed by atoms with E-state index in [0.29, 0.717) is 12.2 Å². The van der Waals surface area contributed by atoms with E-state index in [9.17, 15) is 4.79 Å². The Morgan fingerprint density at radius 1 is 1.19 bits per heavy atom. The summed E-state index contributed by atoms with van der Waals surface area (Å²) >= 11 is 2.23. The van der Waals surface area contributed by atoms with Crippen LogP contribution in [0.1, 0.15) is 16.1 Å². The second kappa shape index (κ2) is 5.89. The molecule has 106 valence electrons. The van der Waals surface area contributed by atoms with Gasteiger partial charge in [0.15, 0.2) is 6.29 Å². The summed E-state index contributed by atoms with van der Waals surface area (Å²) in [4.78, 5) is 11.5. The molecule has 0 aliphatic heterocycles. The maximum atomic E-state index is 11.5. The van der Waals surface area contributed by atoms with Gasteiger partial charge in [0.1, 0.15) is 5.75 Å². The number of fused-ring (bicyclic) bond motifs is 1. The van der Waals surface area contributed by atoms with E-state index >= 15 is 0 Å². The Hall–Kier alpha value is -1.82. The summed E-state index contributed by atoms with van der Waals surface area (Å²) in [6, 6.07) is 16.1. The van der Waals surface area contributed by atoms with E-state index in [4.69, 9.17) is 4.74 Å². The minimum absolute atomic E-state index is 0.681. The molecule has 2 aromatic carbocycles. The number of ether oxygens (including phenoxy) is 1. The van der Waals surface area contributed by atoms with Crippen LogP contribution in [-0.2, 0) is 6.54 Å². The average Bonchev–Trinajstić information content (AvgIpc) is 2.80. The number of nitrogens with zero attached hydrogens (tertiary/aromatic N) is 1. The van der Waals surface area contributed by atoms with Crippen LogP contribution in [0, 0.1) is 3.57 Å². The van der Waals surface area contributed by atoms with Crippen LogP contribution < -0.4 is 4.74 Å². The summed E-state index contributed by atoms with van der Waals surface area (Å²) in [5, 5.41) is 1.05. The first-order valence-electron chi connectivity index (χ1n) is 6.59. The van der Waals surface area contributed by atoms with Crippen LogP contribution in [0.3, 0.4) is 0 Å². The molecule has 0 fully saturated rings. The zero-order chi connectivity index (χ0) is 14.8. The summed E-state index contributed by atoms with van der Waals surface area (Å²) in [6.07, 6.45) is 0.928. The minimum Gasteiger partial charge on any atom is -0.497 e. The van der Waals surface area contributed by atoms with E-state index in [2.05, 4.69) is 39.3 Å². The fourth-order valence-corrected chi connectivity index (χ4v) is 3.34. The number of methoxy groups -OCH3 is 1. The quantitative estimate of drug-likeness (QED) is 0.495. The molecule has 0 aliphatic rings. The largest absolute Gasteiger partial charge is 0.497 e. The number of carbonyl (C=O) groups is 1. The molecule has 0 unspecified atom stereocenters. The van der Waals surface area contributed by atoms with Crippen LogP contribution in [0.5, 0.6) is 5.75 Å². The molecule has 3 aromatic rings. The number of carbonyl (C=O) groups excluding carboxylic acids is 1. The highest BCUT2D eigenvalue weighted by Gasteiger charge is 2.15. The van der Waals surface area contributed by atoms with Crippen LogP contribution in [0.15, 0.2) is 48.5 Å². The maximum absolute atomic E-state index is 11.5. The minimum atomic E-state index is 0.681. The third kappa shape index (κ3) is 2.55. The number of hydrogen-bond donors (Lipinski definition) is 0. The summed E-state index contributed by atoms with van der Waals surface area (Å²) in [7, 11) is 1.65. The van der Waals surface area contributed by atoms with Gasteiger partial charge >= 0.3 is 0 Å². The van der Waals surface area contributed by atoms with Gasteiger partial charge in [-0.3, -0.25) is 4.79 Å². The van der Waals surface area contributed by atoms with Gasteiger partial charge in [0, 0.05) is 15.5 Å². The molecular weight excluding hydrogens is 377 g/mol. The summed E-state index contributed by atoms with van der Waals surface area (Å²) in [5.74, 6) is 0.801. The fraction of sp³-hybridized carbons (Fsp3) is 0.118. The molecule has 3 nitrogen and oxygen atoms in total. The summed E-state index contributed by atoms with van der Waals surface area (Å²) in [5.41, 5.74) is 2.93. The molecule has 0 atom stereocenters. The molecule has 0 N–H and O–H groups in total. The van der Waals surface area contributed by atoms with Crippen molar-refractivity contribution in [3.8, 4) is 5.75 Å². The number of hydrogen-bond acceptors (Lipinski definition) is 2. The first-order valence-corrected chi connectivity index (χ1v) is 7.67. The van der Waals surface area contributed by atoms with Crippen molar-refractivity contribution in [2.75, 3.05) is 7.11 Å². The van der Waals surface area contributed by atoms with Crippen molar-refractivity contribution in [2.24, 2.45) is 0 Å². The monoisotopic (exact) mass is 391 g/mol. The molecule has 0 amide bonds. The van der Waals surface area contributed by atoms with Gasteiger partial charge < -0.3 is 9.30 Å². The average molecular weight is 391 g/mol. The van der Waals surface area contributed by atoms with Crippen LogP contribution in [-0.4, -0.2) is 18.0 Å². The zero-order valence-corrected chi connectivity index (χ0v) is 13.7. The Bertz CT molecular complexity index is 793. The predicted molar refractivity (Wildman–Crippen MR) is 92.1 cm³/mol. The molecule has 21 heavy (non-hydrogen) atoms. The van der Waals surface area contributed by atoms with Gasteiger partial charge in [-0.1, -0.05) is 30.3 Å². The Balaban J connectivity index is 2.18. The highest BCUT2D eigenvalue weighted by Crippen LogP contribution is 2.30. The lowest BCUT2D eigenvalue weighted by Gasteiger charge is -2.08. The molecule has 4 heteroatoms. The molecule has 0 bridgehead atoms. The number of aromatic nitrogens is 1. The third-order valence-electron chi connectivity index (χ3n) is 3.54. The first kappa shape index (κ1) is 14.1. The van der Waals surface area contributed by atoms with E-state index in [0.717, 1.165) is 26.5 Å². The van der Waals surface area contributed by atoms with Crippen LogP contribution in [0.4, 0.5) is 0 Å². The van der Waals surface area contributed by atoms with Crippen LogP contribution >= 0.6 is 22.6 Å². The van der Waals surface area contributed by atoms with E-state index in [1.54, 1.807) is 7.11 Å². The highest BCUT2D eigenvalue weighted by molar-refractivity contribution is 14.1. The fourth-order valence-electron chi connectivity index (χ4n) is 2.49. The topological polar surface area (TPSA) is 31.2 Å². The Morgan fingerprint density at radius 3 is 2.62 bits per heavy atom. The second-order valence-electron chi connectivity index (χ2n) is 4.77. The Morgan fingerprint density at radius 2 is 1.95 bits per heavy atom. The molecule has 0 saturated carbocycles. The number of benzene rings is 2. The van der Waals surface area contributed by atoms with E-state index < -0.39 is 0 Å². The van der Waals surface area contributed by atoms with Gasteiger partial charge in [0.2, 0.25) is 0 Å².